The van der Waals surface area contributed by atoms with E-state index in [1.165, 1.54) is 0 Å². The summed E-state index contributed by atoms with van der Waals surface area (Å²) < 4.78 is 11.8. The number of nitrogens with one attached hydrogen (secondary N) is 1. The zero-order valence-electron chi connectivity index (χ0n) is 24.3. The average molecular weight is 610 g/mol. The van der Waals surface area contributed by atoms with Crippen LogP contribution in [0.4, 0.5) is 4.79 Å². The van der Waals surface area contributed by atoms with Crippen molar-refractivity contribution >= 4 is 41.0 Å². The van der Waals surface area contributed by atoms with Crippen LogP contribution in [0.15, 0.2) is 71.7 Å². The van der Waals surface area contributed by atoms with E-state index in [1.54, 1.807) is 35.1 Å². The van der Waals surface area contributed by atoms with Crippen molar-refractivity contribution in [3.05, 3.63) is 93.5 Å². The first kappa shape index (κ1) is 29.7. The van der Waals surface area contributed by atoms with Crippen LogP contribution in [0.1, 0.15) is 44.4 Å². The molecule has 0 bridgehead atoms. The van der Waals surface area contributed by atoms with Crippen LogP contribution in [0, 0.1) is 0 Å². The first-order valence-corrected chi connectivity index (χ1v) is 14.6. The lowest BCUT2D eigenvalue weighted by Gasteiger charge is -2.47. The van der Waals surface area contributed by atoms with Crippen LogP contribution < -0.4 is 14.8 Å². The monoisotopic (exact) mass is 608 g/mol. The van der Waals surface area contributed by atoms with Gasteiger partial charge in [-0.05, 0) is 75.2 Å². The topological polar surface area (TPSA) is 83.5 Å². The standard InChI is InChI=1S/C32H34Cl2N4O4/c1-20(2)42-27-18-25(41-5)14-15-26(27)29-36-31(3,21-6-10-23(33)11-7-21)32(4,22-8-12-24(34)13-9-22)38(29)30(40)37-17-16-35-28(39)19-37/h6-15,18,20H,16-17,19H2,1-5H3,(H,35,39)/t31-,32-/m0/s1. The molecular formula is C32H34Cl2N4O4. The van der Waals surface area contributed by atoms with Gasteiger partial charge in [-0.2, -0.15) is 0 Å². The van der Waals surface area contributed by atoms with E-state index < -0.39 is 11.1 Å². The highest BCUT2D eigenvalue weighted by molar-refractivity contribution is 6.30. The number of carbonyl (C=O) groups excluding carboxylic acids is 2. The highest BCUT2D eigenvalue weighted by Crippen LogP contribution is 2.54. The molecule has 0 aromatic heterocycles. The minimum Gasteiger partial charge on any atom is -0.497 e. The summed E-state index contributed by atoms with van der Waals surface area (Å²) in [7, 11) is 1.59. The Morgan fingerprint density at radius 2 is 1.60 bits per heavy atom. The Kier molecular flexibility index (Phi) is 8.14. The Balaban J connectivity index is 1.81. The number of rotatable bonds is 6. The number of hydrogen-bond acceptors (Lipinski definition) is 5. The number of hydrogen-bond donors (Lipinski definition) is 1. The normalized spacial score (nSPS) is 22.2. The highest BCUT2D eigenvalue weighted by Gasteiger charge is 2.60. The number of amides is 3. The minimum atomic E-state index is -1.07. The van der Waals surface area contributed by atoms with Crippen molar-refractivity contribution in [3.63, 3.8) is 0 Å². The van der Waals surface area contributed by atoms with Gasteiger partial charge in [-0.15, -0.1) is 0 Å². The molecule has 3 amide bonds. The summed E-state index contributed by atoms with van der Waals surface area (Å²) in [6.07, 6.45) is -0.155. The van der Waals surface area contributed by atoms with E-state index in [0.717, 1.165) is 11.1 Å². The first-order chi connectivity index (χ1) is 20.0. The number of aliphatic imine (C=N–C) groups is 1. The van der Waals surface area contributed by atoms with Gasteiger partial charge in [0.05, 0.1) is 18.8 Å². The molecule has 0 aliphatic carbocycles. The van der Waals surface area contributed by atoms with Crippen molar-refractivity contribution < 1.29 is 19.1 Å². The molecule has 1 saturated heterocycles. The number of carbonyl (C=O) groups is 2. The molecule has 2 atom stereocenters. The number of urea groups is 1. The number of halogens is 2. The molecule has 220 valence electrons. The maximum Gasteiger partial charge on any atom is 0.327 e. The molecule has 1 fully saturated rings. The molecule has 8 nitrogen and oxygen atoms in total. The van der Waals surface area contributed by atoms with Gasteiger partial charge < -0.3 is 19.7 Å². The Hall–Kier alpha value is -3.75. The summed E-state index contributed by atoms with van der Waals surface area (Å²) in [6.45, 7) is 8.54. The van der Waals surface area contributed by atoms with Crippen molar-refractivity contribution in [2.24, 2.45) is 4.99 Å². The van der Waals surface area contributed by atoms with Crippen molar-refractivity contribution in [3.8, 4) is 11.5 Å². The summed E-state index contributed by atoms with van der Waals surface area (Å²) in [5.41, 5.74) is 0.230. The van der Waals surface area contributed by atoms with Gasteiger partial charge in [-0.1, -0.05) is 47.5 Å². The van der Waals surface area contributed by atoms with Crippen LogP contribution in [0.2, 0.25) is 10.0 Å². The summed E-state index contributed by atoms with van der Waals surface area (Å²) in [4.78, 5) is 35.8. The molecule has 0 radical (unpaired) electrons. The zero-order valence-corrected chi connectivity index (χ0v) is 25.8. The van der Waals surface area contributed by atoms with E-state index in [4.69, 9.17) is 37.7 Å². The lowest BCUT2D eigenvalue weighted by Crippen LogP contribution is -2.61. The smallest absolute Gasteiger partial charge is 0.327 e. The number of methoxy groups -OCH3 is 1. The molecule has 3 aromatic carbocycles. The van der Waals surface area contributed by atoms with E-state index in [1.807, 2.05) is 76.2 Å². The zero-order chi connectivity index (χ0) is 30.2. The Bertz CT molecular complexity index is 1530. The maximum absolute atomic E-state index is 14.7. The first-order valence-electron chi connectivity index (χ1n) is 13.8. The van der Waals surface area contributed by atoms with E-state index in [-0.39, 0.29) is 24.6 Å². The summed E-state index contributed by atoms with van der Waals surface area (Å²) in [5, 5.41) is 3.97. The Morgan fingerprint density at radius 1 is 0.976 bits per heavy atom. The Labute approximate surface area is 256 Å². The van der Waals surface area contributed by atoms with E-state index in [0.29, 0.717) is 46.0 Å². The van der Waals surface area contributed by atoms with E-state index in [2.05, 4.69) is 5.32 Å². The van der Waals surface area contributed by atoms with Gasteiger partial charge in [0.25, 0.3) is 0 Å². The number of piperazine rings is 1. The van der Waals surface area contributed by atoms with Crippen molar-refractivity contribution in [2.75, 3.05) is 26.7 Å². The molecule has 0 spiro atoms. The molecule has 2 aliphatic rings. The third-order valence-corrected chi connectivity index (χ3v) is 8.55. The van der Waals surface area contributed by atoms with Gasteiger partial charge in [0, 0.05) is 29.2 Å². The molecule has 0 saturated carbocycles. The van der Waals surface area contributed by atoms with Gasteiger partial charge in [-0.25, -0.2) is 4.79 Å². The van der Waals surface area contributed by atoms with Gasteiger partial charge in [-0.3, -0.25) is 14.7 Å². The summed E-state index contributed by atoms with van der Waals surface area (Å²) in [5.74, 6) is 1.34. The largest absolute Gasteiger partial charge is 0.497 e. The lowest BCUT2D eigenvalue weighted by atomic mass is 9.71. The third kappa shape index (κ3) is 5.18. The Morgan fingerprint density at radius 3 is 2.17 bits per heavy atom. The van der Waals surface area contributed by atoms with Crippen LogP contribution >= 0.6 is 23.2 Å². The van der Waals surface area contributed by atoms with E-state index >= 15 is 0 Å². The lowest BCUT2D eigenvalue weighted by molar-refractivity contribution is -0.123. The molecule has 42 heavy (non-hydrogen) atoms. The second kappa shape index (κ2) is 11.5. The molecule has 2 aliphatic heterocycles. The van der Waals surface area contributed by atoms with Gasteiger partial charge in [0.1, 0.15) is 35.0 Å². The summed E-state index contributed by atoms with van der Waals surface area (Å²) in [6, 6.07) is 20.1. The van der Waals surface area contributed by atoms with E-state index in [9.17, 15) is 9.59 Å². The van der Waals surface area contributed by atoms with Crippen LogP contribution in [-0.4, -0.2) is 60.4 Å². The number of benzene rings is 3. The van der Waals surface area contributed by atoms with Crippen molar-refractivity contribution in [1.29, 1.82) is 0 Å². The van der Waals surface area contributed by atoms with Crippen molar-refractivity contribution in [1.82, 2.24) is 15.1 Å². The molecule has 1 N–H and O–H groups in total. The van der Waals surface area contributed by atoms with Crippen LogP contribution in [0.5, 0.6) is 11.5 Å². The quantitative estimate of drug-likeness (QED) is 0.359. The maximum atomic E-state index is 14.7. The molecule has 2 heterocycles. The molecule has 0 unspecified atom stereocenters. The summed E-state index contributed by atoms with van der Waals surface area (Å²) >= 11 is 12.6. The fraction of sp³-hybridized carbons (Fsp3) is 0.344. The van der Waals surface area contributed by atoms with Crippen LogP contribution in [0.3, 0.4) is 0 Å². The van der Waals surface area contributed by atoms with Crippen LogP contribution in [-0.2, 0) is 15.9 Å². The second-order valence-corrected chi connectivity index (χ2v) is 11.9. The van der Waals surface area contributed by atoms with Crippen LogP contribution in [0.25, 0.3) is 0 Å². The third-order valence-electron chi connectivity index (χ3n) is 8.04. The predicted molar refractivity (Wildman–Crippen MR) is 165 cm³/mol. The SMILES string of the molecule is COc1ccc(C2=N[C@@](C)(c3ccc(Cl)cc3)[C@](C)(c3ccc(Cl)cc3)N2C(=O)N2CCNC(=O)C2)c(OC(C)C)c1. The van der Waals surface area contributed by atoms with Gasteiger partial charge in [0.2, 0.25) is 5.91 Å². The van der Waals surface area contributed by atoms with Crippen molar-refractivity contribution in [2.45, 2.75) is 44.9 Å². The minimum absolute atomic E-state index is 0.0606. The average Bonchev–Trinajstić information content (AvgIpc) is 3.21. The highest BCUT2D eigenvalue weighted by atomic mass is 35.5. The number of ether oxygens (including phenoxy) is 2. The number of nitrogens with zero attached hydrogens (tertiary/aromatic N) is 3. The predicted octanol–water partition coefficient (Wildman–Crippen LogP) is 6.23. The second-order valence-electron chi connectivity index (χ2n) is 11.0. The number of amidine groups is 1. The molecule has 10 heteroatoms. The van der Waals surface area contributed by atoms with Gasteiger partial charge in [0.15, 0.2) is 0 Å². The van der Waals surface area contributed by atoms with Gasteiger partial charge >= 0.3 is 6.03 Å². The molecule has 3 aromatic rings. The molecule has 5 rings (SSSR count). The fourth-order valence-electron chi connectivity index (χ4n) is 5.68. The fourth-order valence-corrected chi connectivity index (χ4v) is 5.93. The molecular weight excluding hydrogens is 575 g/mol.